The van der Waals surface area contributed by atoms with E-state index < -0.39 is 6.29 Å². The maximum absolute atomic E-state index is 9.60. The van der Waals surface area contributed by atoms with Gasteiger partial charge in [0.15, 0.2) is 11.9 Å². The van der Waals surface area contributed by atoms with Crippen molar-refractivity contribution in [3.05, 3.63) is 131 Å². The van der Waals surface area contributed by atoms with Crippen LogP contribution in [0.25, 0.3) is 11.1 Å². The summed E-state index contributed by atoms with van der Waals surface area (Å²) in [7, 11) is 0. The van der Waals surface area contributed by atoms with Gasteiger partial charge in [-0.05, 0) is 34.4 Å². The number of aliphatic hydroxyl groups excluding tert-OH is 1. The van der Waals surface area contributed by atoms with Crippen LogP contribution < -0.4 is 5.73 Å². The topological polar surface area (TPSA) is 90.7 Å². The van der Waals surface area contributed by atoms with Crippen molar-refractivity contribution in [3.8, 4) is 0 Å². The molecule has 0 amide bonds. The predicted octanol–water partition coefficient (Wildman–Crippen LogP) is 6.51. The molecule has 0 saturated carbocycles. The van der Waals surface area contributed by atoms with Crippen molar-refractivity contribution in [1.82, 2.24) is 4.98 Å². The molecule has 5 aromatic rings. The first kappa shape index (κ1) is 25.8. The maximum atomic E-state index is 9.60. The summed E-state index contributed by atoms with van der Waals surface area (Å²) in [6.07, 6.45) is -1.04. The number of aliphatic hydroxyl groups is 1. The number of benzene rings is 4. The van der Waals surface area contributed by atoms with Crippen molar-refractivity contribution < 1.29 is 19.0 Å². The molecular weight excluding hydrogens is 508 g/mol. The number of ether oxygens (including phenoxy) is 2. The highest BCUT2D eigenvalue weighted by Gasteiger charge is 2.42. The summed E-state index contributed by atoms with van der Waals surface area (Å²) in [4.78, 5) is 4.66. The maximum Gasteiger partial charge on any atom is 0.256 e. The fourth-order valence-corrected chi connectivity index (χ4v) is 5.93. The van der Waals surface area contributed by atoms with Crippen LogP contribution in [-0.2, 0) is 22.6 Å². The Balaban J connectivity index is 1.37. The summed E-state index contributed by atoms with van der Waals surface area (Å²) >= 11 is 1.55. The first-order valence-electron chi connectivity index (χ1n) is 13.0. The monoisotopic (exact) mass is 538 g/mol. The van der Waals surface area contributed by atoms with E-state index in [0.717, 1.165) is 38.9 Å². The average molecular weight is 539 g/mol. The van der Waals surface area contributed by atoms with E-state index in [-0.39, 0.29) is 24.7 Å². The molecule has 39 heavy (non-hydrogen) atoms. The minimum atomic E-state index is -0.562. The zero-order valence-corrected chi connectivity index (χ0v) is 22.2. The first-order chi connectivity index (χ1) is 19.2. The number of para-hydroxylation sites is 2. The van der Waals surface area contributed by atoms with Gasteiger partial charge in [-0.1, -0.05) is 103 Å². The van der Waals surface area contributed by atoms with E-state index in [4.69, 9.17) is 19.6 Å². The van der Waals surface area contributed by atoms with Crippen LogP contribution in [0.3, 0.4) is 0 Å². The number of oxazole rings is 1. The van der Waals surface area contributed by atoms with Gasteiger partial charge in [0.05, 0.1) is 18.8 Å². The highest BCUT2D eigenvalue weighted by Crippen LogP contribution is 2.48. The van der Waals surface area contributed by atoms with Gasteiger partial charge < -0.3 is 24.7 Å². The number of aromatic nitrogens is 1. The van der Waals surface area contributed by atoms with E-state index in [1.807, 2.05) is 91.0 Å². The zero-order chi connectivity index (χ0) is 26.6. The summed E-state index contributed by atoms with van der Waals surface area (Å²) in [5, 5.41) is 10.2. The van der Waals surface area contributed by atoms with Gasteiger partial charge >= 0.3 is 0 Å². The number of hydrogen-bond acceptors (Lipinski definition) is 7. The van der Waals surface area contributed by atoms with Crippen LogP contribution >= 0.6 is 11.8 Å². The molecule has 6 rings (SSSR count). The number of rotatable bonds is 8. The van der Waals surface area contributed by atoms with Gasteiger partial charge in [-0.3, -0.25) is 0 Å². The SMILES string of the molecule is NCc1ccc([C@@H]2O[C@H](CSc3nc4ccccc4o3)[C@@H](c3ccccc3)[C@H](c3ccc(CO)cc3)O2)cc1. The Morgan fingerprint density at radius 2 is 1.44 bits per heavy atom. The molecule has 1 fully saturated rings. The Morgan fingerprint density at radius 3 is 2.15 bits per heavy atom. The second-order valence-electron chi connectivity index (χ2n) is 9.60. The molecule has 1 saturated heterocycles. The lowest BCUT2D eigenvalue weighted by Gasteiger charge is -2.43. The highest BCUT2D eigenvalue weighted by molar-refractivity contribution is 7.99. The summed E-state index contributed by atoms with van der Waals surface area (Å²) in [6.45, 7) is 0.475. The van der Waals surface area contributed by atoms with Gasteiger partial charge in [0, 0.05) is 23.8 Å². The Morgan fingerprint density at radius 1 is 0.744 bits per heavy atom. The Hall–Kier alpha value is -3.46. The lowest BCUT2D eigenvalue weighted by Crippen LogP contribution is -2.38. The molecule has 0 aliphatic carbocycles. The van der Waals surface area contributed by atoms with Crippen molar-refractivity contribution in [2.24, 2.45) is 5.73 Å². The van der Waals surface area contributed by atoms with Crippen LogP contribution in [0.5, 0.6) is 0 Å². The van der Waals surface area contributed by atoms with E-state index >= 15 is 0 Å². The number of fused-ring (bicyclic) bond motifs is 1. The summed E-state index contributed by atoms with van der Waals surface area (Å²) in [5.41, 5.74) is 12.5. The molecule has 6 nitrogen and oxygen atoms in total. The smallest absolute Gasteiger partial charge is 0.256 e. The van der Waals surface area contributed by atoms with Crippen molar-refractivity contribution in [3.63, 3.8) is 0 Å². The third kappa shape index (κ3) is 5.64. The summed E-state index contributed by atoms with van der Waals surface area (Å²) in [6, 6.07) is 34.2. The minimum absolute atomic E-state index is 0.00306. The highest BCUT2D eigenvalue weighted by atomic mass is 32.2. The fraction of sp³-hybridized carbons (Fsp3) is 0.219. The third-order valence-electron chi connectivity index (χ3n) is 7.10. The van der Waals surface area contributed by atoms with Gasteiger partial charge in [0.2, 0.25) is 0 Å². The van der Waals surface area contributed by atoms with E-state index in [9.17, 15) is 5.11 Å². The molecule has 1 aliphatic rings. The van der Waals surface area contributed by atoms with Gasteiger partial charge in [-0.25, -0.2) is 4.98 Å². The van der Waals surface area contributed by atoms with Crippen LogP contribution in [0.1, 0.15) is 46.1 Å². The Kier molecular flexibility index (Phi) is 7.76. The second-order valence-corrected chi connectivity index (χ2v) is 10.6. The molecule has 0 spiro atoms. The predicted molar refractivity (Wildman–Crippen MR) is 152 cm³/mol. The van der Waals surface area contributed by atoms with Crippen molar-refractivity contribution in [2.45, 2.75) is 42.8 Å². The summed E-state index contributed by atoms with van der Waals surface area (Å²) < 4.78 is 19.5. The Bertz CT molecular complexity index is 1470. The molecule has 198 valence electrons. The number of thioether (sulfide) groups is 1. The van der Waals surface area contributed by atoms with Crippen LogP contribution in [0.15, 0.2) is 113 Å². The first-order valence-corrected chi connectivity index (χ1v) is 14.0. The van der Waals surface area contributed by atoms with Crippen molar-refractivity contribution in [1.29, 1.82) is 0 Å². The molecule has 4 aromatic carbocycles. The number of nitrogens with two attached hydrogens (primary N) is 1. The normalized spacial score (nSPS) is 21.3. The van der Waals surface area contributed by atoms with Crippen LogP contribution in [0.4, 0.5) is 0 Å². The molecule has 0 bridgehead atoms. The quantitative estimate of drug-likeness (QED) is 0.218. The fourth-order valence-electron chi connectivity index (χ4n) is 5.03. The van der Waals surface area contributed by atoms with Crippen LogP contribution in [-0.4, -0.2) is 21.9 Å². The molecule has 4 atom stereocenters. The van der Waals surface area contributed by atoms with Crippen LogP contribution in [0.2, 0.25) is 0 Å². The number of hydrogen-bond donors (Lipinski definition) is 2. The second kappa shape index (κ2) is 11.7. The van der Waals surface area contributed by atoms with E-state index in [1.54, 1.807) is 11.8 Å². The van der Waals surface area contributed by atoms with Gasteiger partial charge in [-0.2, -0.15) is 0 Å². The number of nitrogens with zero attached hydrogens (tertiary/aromatic N) is 1. The lowest BCUT2D eigenvalue weighted by molar-refractivity contribution is -0.255. The molecule has 0 unspecified atom stereocenters. The zero-order valence-electron chi connectivity index (χ0n) is 21.4. The van der Waals surface area contributed by atoms with Crippen LogP contribution in [0, 0.1) is 0 Å². The van der Waals surface area contributed by atoms with Crippen molar-refractivity contribution in [2.75, 3.05) is 5.75 Å². The minimum Gasteiger partial charge on any atom is -0.431 e. The lowest BCUT2D eigenvalue weighted by atomic mass is 9.84. The van der Waals surface area contributed by atoms with E-state index in [1.165, 1.54) is 0 Å². The summed E-state index contributed by atoms with van der Waals surface area (Å²) in [5.74, 6) is 0.542. The third-order valence-corrected chi connectivity index (χ3v) is 8.02. The average Bonchev–Trinajstić information content (AvgIpc) is 3.43. The molecule has 0 radical (unpaired) electrons. The Labute approximate surface area is 231 Å². The standard InChI is InChI=1S/C32H30N2O4S/c33-18-21-10-16-25(17-11-21)31-36-28(20-39-32-34-26-8-4-5-9-27(26)37-32)29(23-6-2-1-3-7-23)30(38-31)24-14-12-22(19-35)13-15-24/h1-17,28-31,35H,18-20,33H2/t28-,29-,30+,31-/m1/s1. The van der Waals surface area contributed by atoms with Gasteiger partial charge in [0.1, 0.15) is 5.52 Å². The molecule has 2 heterocycles. The van der Waals surface area contributed by atoms with Gasteiger partial charge in [-0.15, -0.1) is 0 Å². The molecular formula is C32H30N2O4S. The molecule has 7 heteroatoms. The van der Waals surface area contributed by atoms with E-state index in [2.05, 4.69) is 17.1 Å². The largest absolute Gasteiger partial charge is 0.431 e. The van der Waals surface area contributed by atoms with Gasteiger partial charge in [0.25, 0.3) is 5.22 Å². The van der Waals surface area contributed by atoms with E-state index in [0.29, 0.717) is 17.5 Å². The molecule has 1 aliphatic heterocycles. The molecule has 3 N–H and O–H groups in total. The van der Waals surface area contributed by atoms with Crippen molar-refractivity contribution >= 4 is 22.9 Å². The molecule has 1 aromatic heterocycles.